The zero-order chi connectivity index (χ0) is 17.9. The SMILES string of the molecule is Cc1ccc(-c2ccc(NC(=O)OC(C)(C)C)cc2)c([N+](=O)[O-])c1. The van der Waals surface area contributed by atoms with Gasteiger partial charge in [-0.3, -0.25) is 15.4 Å². The maximum atomic E-state index is 11.7. The van der Waals surface area contributed by atoms with Crippen molar-refractivity contribution in [1.29, 1.82) is 0 Å². The van der Waals surface area contributed by atoms with E-state index >= 15 is 0 Å². The van der Waals surface area contributed by atoms with Crippen LogP contribution in [0.1, 0.15) is 26.3 Å². The molecular formula is C18H20N2O4. The third-order valence-electron chi connectivity index (χ3n) is 3.19. The van der Waals surface area contributed by atoms with E-state index in [0.717, 1.165) is 5.56 Å². The monoisotopic (exact) mass is 328 g/mol. The molecule has 2 aromatic carbocycles. The van der Waals surface area contributed by atoms with E-state index in [1.165, 1.54) is 0 Å². The van der Waals surface area contributed by atoms with Gasteiger partial charge in [0, 0.05) is 11.8 Å². The number of hydrogen-bond donors (Lipinski definition) is 1. The minimum Gasteiger partial charge on any atom is -0.444 e. The summed E-state index contributed by atoms with van der Waals surface area (Å²) in [6.45, 7) is 7.16. The lowest BCUT2D eigenvalue weighted by molar-refractivity contribution is -0.384. The van der Waals surface area contributed by atoms with Crippen molar-refractivity contribution in [3.63, 3.8) is 0 Å². The fraction of sp³-hybridized carbons (Fsp3) is 0.278. The first-order valence-electron chi connectivity index (χ1n) is 7.51. The van der Waals surface area contributed by atoms with Gasteiger partial charge in [-0.05, 0) is 57.0 Å². The zero-order valence-electron chi connectivity index (χ0n) is 14.1. The summed E-state index contributed by atoms with van der Waals surface area (Å²) in [7, 11) is 0. The van der Waals surface area contributed by atoms with Crippen LogP contribution in [0.5, 0.6) is 0 Å². The fourth-order valence-corrected chi connectivity index (χ4v) is 2.19. The Hall–Kier alpha value is -2.89. The molecule has 6 heteroatoms. The van der Waals surface area contributed by atoms with Crippen molar-refractivity contribution in [2.75, 3.05) is 5.32 Å². The molecule has 0 aliphatic rings. The van der Waals surface area contributed by atoms with Crippen molar-refractivity contribution in [2.24, 2.45) is 0 Å². The van der Waals surface area contributed by atoms with E-state index in [0.29, 0.717) is 16.8 Å². The lowest BCUT2D eigenvalue weighted by Gasteiger charge is -2.19. The largest absolute Gasteiger partial charge is 0.444 e. The van der Waals surface area contributed by atoms with Gasteiger partial charge in [0.05, 0.1) is 10.5 Å². The molecule has 0 heterocycles. The van der Waals surface area contributed by atoms with Crippen molar-refractivity contribution in [1.82, 2.24) is 0 Å². The van der Waals surface area contributed by atoms with Crippen LogP contribution in [0.2, 0.25) is 0 Å². The molecule has 0 aliphatic heterocycles. The highest BCUT2D eigenvalue weighted by Gasteiger charge is 2.17. The molecule has 0 bridgehead atoms. The van der Waals surface area contributed by atoms with Crippen LogP contribution in [0.3, 0.4) is 0 Å². The van der Waals surface area contributed by atoms with E-state index in [-0.39, 0.29) is 5.69 Å². The van der Waals surface area contributed by atoms with E-state index in [1.54, 1.807) is 57.2 Å². The molecule has 2 aromatic rings. The molecule has 1 N–H and O–H groups in total. The van der Waals surface area contributed by atoms with Crippen molar-refractivity contribution in [3.05, 3.63) is 58.1 Å². The average molecular weight is 328 g/mol. The van der Waals surface area contributed by atoms with Crippen LogP contribution in [-0.2, 0) is 4.74 Å². The molecule has 24 heavy (non-hydrogen) atoms. The van der Waals surface area contributed by atoms with Gasteiger partial charge in [-0.2, -0.15) is 0 Å². The van der Waals surface area contributed by atoms with Gasteiger partial charge in [0.1, 0.15) is 5.60 Å². The number of ether oxygens (including phenoxy) is 1. The number of nitrogens with one attached hydrogen (secondary N) is 1. The summed E-state index contributed by atoms with van der Waals surface area (Å²) in [5, 5.41) is 13.9. The molecule has 0 unspecified atom stereocenters. The van der Waals surface area contributed by atoms with Gasteiger partial charge in [-0.25, -0.2) is 4.79 Å². The van der Waals surface area contributed by atoms with Gasteiger partial charge < -0.3 is 4.74 Å². The number of rotatable bonds is 3. The first kappa shape index (κ1) is 17.5. The highest BCUT2D eigenvalue weighted by molar-refractivity contribution is 5.85. The van der Waals surface area contributed by atoms with Gasteiger partial charge in [0.25, 0.3) is 5.69 Å². The molecule has 1 amide bonds. The summed E-state index contributed by atoms with van der Waals surface area (Å²) in [4.78, 5) is 22.6. The van der Waals surface area contributed by atoms with E-state index in [2.05, 4.69) is 5.32 Å². The fourth-order valence-electron chi connectivity index (χ4n) is 2.19. The van der Waals surface area contributed by atoms with E-state index < -0.39 is 16.6 Å². The van der Waals surface area contributed by atoms with Gasteiger partial charge in [-0.15, -0.1) is 0 Å². The van der Waals surface area contributed by atoms with Gasteiger partial charge in [0.2, 0.25) is 0 Å². The minimum atomic E-state index is -0.577. The molecule has 0 saturated carbocycles. The molecular weight excluding hydrogens is 308 g/mol. The highest BCUT2D eigenvalue weighted by Crippen LogP contribution is 2.31. The Kier molecular flexibility index (Phi) is 4.87. The zero-order valence-corrected chi connectivity index (χ0v) is 14.1. The van der Waals surface area contributed by atoms with Crippen LogP contribution in [-0.4, -0.2) is 16.6 Å². The number of nitrogens with zero attached hydrogens (tertiary/aromatic N) is 1. The molecule has 6 nitrogen and oxygen atoms in total. The number of hydrogen-bond acceptors (Lipinski definition) is 4. The minimum absolute atomic E-state index is 0.0582. The number of aryl methyl sites for hydroxylation is 1. The van der Waals surface area contributed by atoms with Crippen LogP contribution in [0.4, 0.5) is 16.2 Å². The third kappa shape index (κ3) is 4.55. The van der Waals surface area contributed by atoms with E-state index in [1.807, 2.05) is 13.0 Å². The number of nitro benzene ring substituents is 1. The average Bonchev–Trinajstić information content (AvgIpc) is 2.46. The Morgan fingerprint density at radius 2 is 1.75 bits per heavy atom. The van der Waals surface area contributed by atoms with Crippen molar-refractivity contribution in [3.8, 4) is 11.1 Å². The Morgan fingerprint density at radius 3 is 2.29 bits per heavy atom. The maximum absolute atomic E-state index is 11.7. The normalized spacial score (nSPS) is 11.0. The van der Waals surface area contributed by atoms with Crippen molar-refractivity contribution in [2.45, 2.75) is 33.3 Å². The van der Waals surface area contributed by atoms with Gasteiger partial charge >= 0.3 is 6.09 Å². The Bertz CT molecular complexity index is 762. The molecule has 0 spiro atoms. The smallest absolute Gasteiger partial charge is 0.412 e. The predicted octanol–water partition coefficient (Wildman–Crippen LogP) is 4.92. The second-order valence-electron chi connectivity index (χ2n) is 6.48. The number of carbonyl (C=O) groups excluding carboxylic acids is 1. The van der Waals surface area contributed by atoms with Crippen LogP contribution >= 0.6 is 0 Å². The van der Waals surface area contributed by atoms with Crippen LogP contribution in [0.25, 0.3) is 11.1 Å². The van der Waals surface area contributed by atoms with Crippen LogP contribution < -0.4 is 5.32 Å². The molecule has 0 atom stereocenters. The summed E-state index contributed by atoms with van der Waals surface area (Å²) < 4.78 is 5.18. The second-order valence-corrected chi connectivity index (χ2v) is 6.48. The summed E-state index contributed by atoms with van der Waals surface area (Å²) in [5.74, 6) is 0. The number of carbonyl (C=O) groups is 1. The van der Waals surface area contributed by atoms with Crippen molar-refractivity contribution >= 4 is 17.5 Å². The Labute approximate surface area is 140 Å². The number of anilines is 1. The summed E-state index contributed by atoms with van der Waals surface area (Å²) in [6.07, 6.45) is -0.545. The quantitative estimate of drug-likeness (QED) is 0.640. The topological polar surface area (TPSA) is 81.5 Å². The Balaban J connectivity index is 2.21. The first-order valence-corrected chi connectivity index (χ1v) is 7.51. The molecule has 0 fully saturated rings. The summed E-state index contributed by atoms with van der Waals surface area (Å²) in [5.41, 5.74) is 2.11. The van der Waals surface area contributed by atoms with E-state index in [4.69, 9.17) is 4.74 Å². The molecule has 0 radical (unpaired) electrons. The van der Waals surface area contributed by atoms with Gasteiger partial charge in [-0.1, -0.05) is 18.2 Å². The lowest BCUT2D eigenvalue weighted by atomic mass is 10.0. The lowest BCUT2D eigenvalue weighted by Crippen LogP contribution is -2.27. The summed E-state index contributed by atoms with van der Waals surface area (Å²) >= 11 is 0. The standard InChI is InChI=1S/C18H20N2O4/c1-12-5-10-15(16(11-12)20(22)23)13-6-8-14(9-7-13)19-17(21)24-18(2,3)4/h5-11H,1-4H3,(H,19,21). The molecule has 0 aromatic heterocycles. The predicted molar refractivity (Wildman–Crippen MR) is 93.1 cm³/mol. The molecule has 2 rings (SSSR count). The molecule has 126 valence electrons. The third-order valence-corrected chi connectivity index (χ3v) is 3.19. The number of benzene rings is 2. The molecule has 0 saturated heterocycles. The first-order chi connectivity index (χ1) is 11.2. The highest BCUT2D eigenvalue weighted by atomic mass is 16.6. The van der Waals surface area contributed by atoms with Crippen molar-refractivity contribution < 1.29 is 14.5 Å². The van der Waals surface area contributed by atoms with Gasteiger partial charge in [0.15, 0.2) is 0 Å². The summed E-state index contributed by atoms with van der Waals surface area (Å²) in [6, 6.07) is 11.9. The Morgan fingerprint density at radius 1 is 1.12 bits per heavy atom. The number of amides is 1. The second kappa shape index (κ2) is 6.70. The number of nitro groups is 1. The van der Waals surface area contributed by atoms with Crippen LogP contribution in [0.15, 0.2) is 42.5 Å². The van der Waals surface area contributed by atoms with Crippen LogP contribution in [0, 0.1) is 17.0 Å². The molecule has 0 aliphatic carbocycles. The maximum Gasteiger partial charge on any atom is 0.412 e. The van der Waals surface area contributed by atoms with E-state index in [9.17, 15) is 14.9 Å².